The zero-order valence-electron chi connectivity index (χ0n) is 21.4. The summed E-state index contributed by atoms with van der Waals surface area (Å²) in [4.78, 5) is 0. The van der Waals surface area contributed by atoms with Gasteiger partial charge in [0, 0.05) is 0 Å². The molecular formula is C30H52. The highest BCUT2D eigenvalue weighted by Crippen LogP contribution is 2.67. The fourth-order valence-electron chi connectivity index (χ4n) is 9.69. The van der Waals surface area contributed by atoms with Gasteiger partial charge in [-0.1, -0.05) is 78.9 Å². The van der Waals surface area contributed by atoms with Crippen LogP contribution < -0.4 is 0 Å². The summed E-state index contributed by atoms with van der Waals surface area (Å²) in [6.07, 6.45) is 23.1. The zero-order valence-corrected chi connectivity index (χ0v) is 21.4. The third-order valence-corrected chi connectivity index (χ3v) is 12.2. The molecule has 0 heterocycles. The van der Waals surface area contributed by atoms with E-state index in [0.29, 0.717) is 16.2 Å². The van der Waals surface area contributed by atoms with E-state index in [1.165, 1.54) is 89.9 Å². The summed E-state index contributed by atoms with van der Waals surface area (Å²) < 4.78 is 0. The van der Waals surface area contributed by atoms with Gasteiger partial charge in [0.1, 0.15) is 0 Å². The number of rotatable bonds is 7. The van der Waals surface area contributed by atoms with Crippen LogP contribution in [0.1, 0.15) is 131 Å². The molecule has 0 saturated heterocycles. The topological polar surface area (TPSA) is 0 Å². The highest BCUT2D eigenvalue weighted by atomic mass is 14.6. The summed E-state index contributed by atoms with van der Waals surface area (Å²) in [5.74, 6) is 4.90. The highest BCUT2D eigenvalue weighted by molar-refractivity contribution is 5.24. The van der Waals surface area contributed by atoms with Crippen LogP contribution in [0.3, 0.4) is 0 Å². The molecule has 4 aliphatic rings. The van der Waals surface area contributed by atoms with E-state index in [9.17, 15) is 0 Å². The van der Waals surface area contributed by atoms with E-state index in [1.807, 2.05) is 5.57 Å². The molecule has 0 aromatic heterocycles. The van der Waals surface area contributed by atoms with Gasteiger partial charge in [-0.3, -0.25) is 0 Å². The Morgan fingerprint density at radius 3 is 2.40 bits per heavy atom. The second-order valence-electron chi connectivity index (χ2n) is 12.8. The second-order valence-corrected chi connectivity index (χ2v) is 12.8. The normalized spacial score (nSPS) is 42.1. The van der Waals surface area contributed by atoms with Crippen LogP contribution >= 0.6 is 0 Å². The van der Waals surface area contributed by atoms with E-state index in [-0.39, 0.29) is 0 Å². The molecule has 4 aliphatic carbocycles. The van der Waals surface area contributed by atoms with Gasteiger partial charge in [0.25, 0.3) is 0 Å². The van der Waals surface area contributed by atoms with Crippen LogP contribution in [-0.2, 0) is 0 Å². The first kappa shape index (κ1) is 22.9. The fraction of sp³-hybridized carbons (Fsp3) is 0.933. The van der Waals surface area contributed by atoms with Crippen molar-refractivity contribution >= 4 is 0 Å². The lowest BCUT2D eigenvalue weighted by Crippen LogP contribution is -2.50. The van der Waals surface area contributed by atoms with Crippen molar-refractivity contribution in [1.82, 2.24) is 0 Å². The minimum atomic E-state index is 0.565. The summed E-state index contributed by atoms with van der Waals surface area (Å²) in [6, 6.07) is 0. The standard InChI is InChI=1S/C30H52/c1-7-30(8-2,9-3)21-17-22(4)25-15-16-26-24-14-13-23-12-10-11-19-28(23,5)27(24)18-20-29(25,26)6/h13,22,24-27H,7-12,14-21H2,1-6H3. The molecule has 0 bridgehead atoms. The minimum Gasteiger partial charge on any atom is -0.0845 e. The van der Waals surface area contributed by atoms with Crippen LogP contribution in [0, 0.1) is 45.8 Å². The maximum Gasteiger partial charge on any atom is -0.00853 e. The van der Waals surface area contributed by atoms with Gasteiger partial charge in [-0.2, -0.15) is 0 Å². The molecule has 0 spiro atoms. The predicted octanol–water partition coefficient (Wildman–Crippen LogP) is 9.59. The SMILES string of the molecule is CCC(CC)(CC)CCC(C)C1CCC2C3CC=C4CCCCC4(C)C3CCC12C. The Morgan fingerprint density at radius 1 is 0.967 bits per heavy atom. The van der Waals surface area contributed by atoms with Crippen LogP contribution in [0.4, 0.5) is 0 Å². The maximum absolute atomic E-state index is 2.75. The average Bonchev–Trinajstić information content (AvgIpc) is 3.12. The van der Waals surface area contributed by atoms with E-state index in [1.54, 1.807) is 0 Å². The van der Waals surface area contributed by atoms with Crippen molar-refractivity contribution < 1.29 is 0 Å². The molecular weight excluding hydrogens is 360 g/mol. The van der Waals surface area contributed by atoms with Gasteiger partial charge in [-0.15, -0.1) is 0 Å². The molecule has 0 amide bonds. The van der Waals surface area contributed by atoms with Gasteiger partial charge in [-0.25, -0.2) is 0 Å². The van der Waals surface area contributed by atoms with Crippen LogP contribution in [0.5, 0.6) is 0 Å². The molecule has 0 heteroatoms. The highest BCUT2D eigenvalue weighted by Gasteiger charge is 2.58. The van der Waals surface area contributed by atoms with Crippen molar-refractivity contribution in [1.29, 1.82) is 0 Å². The molecule has 4 rings (SSSR count). The lowest BCUT2D eigenvalue weighted by atomic mass is 9.47. The molecule has 7 unspecified atom stereocenters. The molecule has 0 aliphatic heterocycles. The van der Waals surface area contributed by atoms with Gasteiger partial charge in [0.2, 0.25) is 0 Å². The van der Waals surface area contributed by atoms with Gasteiger partial charge < -0.3 is 0 Å². The van der Waals surface area contributed by atoms with Crippen molar-refractivity contribution in [2.75, 3.05) is 0 Å². The van der Waals surface area contributed by atoms with E-state index >= 15 is 0 Å². The van der Waals surface area contributed by atoms with E-state index in [2.05, 4.69) is 47.6 Å². The fourth-order valence-corrected chi connectivity index (χ4v) is 9.69. The molecule has 0 aromatic carbocycles. The summed E-state index contributed by atoms with van der Waals surface area (Å²) >= 11 is 0. The first-order valence-corrected chi connectivity index (χ1v) is 14.0. The number of hydrogen-bond acceptors (Lipinski definition) is 0. The van der Waals surface area contributed by atoms with Crippen molar-refractivity contribution in [3.63, 3.8) is 0 Å². The third-order valence-electron chi connectivity index (χ3n) is 12.2. The molecule has 0 aromatic rings. The molecule has 3 saturated carbocycles. The maximum atomic E-state index is 2.75. The Labute approximate surface area is 189 Å². The van der Waals surface area contributed by atoms with Crippen LogP contribution in [0.2, 0.25) is 0 Å². The summed E-state index contributed by atoms with van der Waals surface area (Å²) in [6.45, 7) is 15.4. The Morgan fingerprint density at radius 2 is 1.70 bits per heavy atom. The Balaban J connectivity index is 1.48. The summed E-state index contributed by atoms with van der Waals surface area (Å²) in [7, 11) is 0. The van der Waals surface area contributed by atoms with Gasteiger partial charge >= 0.3 is 0 Å². The third kappa shape index (κ3) is 3.55. The molecule has 0 radical (unpaired) electrons. The quantitative estimate of drug-likeness (QED) is 0.365. The smallest absolute Gasteiger partial charge is 0.00853 e. The number of allylic oxidation sites excluding steroid dienone is 2. The number of hydrogen-bond donors (Lipinski definition) is 0. The Hall–Kier alpha value is -0.260. The predicted molar refractivity (Wildman–Crippen MR) is 132 cm³/mol. The largest absolute Gasteiger partial charge is 0.0845 e. The minimum absolute atomic E-state index is 0.565. The molecule has 0 nitrogen and oxygen atoms in total. The molecule has 7 atom stereocenters. The van der Waals surface area contributed by atoms with E-state index < -0.39 is 0 Å². The zero-order chi connectivity index (χ0) is 21.6. The summed E-state index contributed by atoms with van der Waals surface area (Å²) in [5.41, 5.74) is 3.68. The van der Waals surface area contributed by atoms with Gasteiger partial charge in [-0.05, 0) is 110 Å². The van der Waals surface area contributed by atoms with Crippen molar-refractivity contribution in [2.45, 2.75) is 131 Å². The van der Waals surface area contributed by atoms with Crippen molar-refractivity contribution in [3.8, 4) is 0 Å². The lowest BCUT2D eigenvalue weighted by Gasteiger charge is -2.58. The van der Waals surface area contributed by atoms with Gasteiger partial charge in [0.05, 0.1) is 0 Å². The summed E-state index contributed by atoms with van der Waals surface area (Å²) in [5, 5.41) is 0. The van der Waals surface area contributed by atoms with E-state index in [0.717, 1.165) is 29.6 Å². The Kier molecular flexibility index (Phi) is 6.56. The Bertz CT molecular complexity index is 616. The second kappa shape index (κ2) is 8.59. The van der Waals surface area contributed by atoms with Crippen LogP contribution in [0.15, 0.2) is 11.6 Å². The average molecular weight is 413 g/mol. The van der Waals surface area contributed by atoms with Crippen LogP contribution in [-0.4, -0.2) is 0 Å². The van der Waals surface area contributed by atoms with Crippen molar-refractivity contribution in [3.05, 3.63) is 11.6 Å². The molecule has 3 fully saturated rings. The van der Waals surface area contributed by atoms with Gasteiger partial charge in [0.15, 0.2) is 0 Å². The van der Waals surface area contributed by atoms with E-state index in [4.69, 9.17) is 0 Å². The number of fused-ring (bicyclic) bond motifs is 5. The first-order valence-electron chi connectivity index (χ1n) is 14.0. The van der Waals surface area contributed by atoms with Crippen LogP contribution in [0.25, 0.3) is 0 Å². The molecule has 30 heavy (non-hydrogen) atoms. The van der Waals surface area contributed by atoms with Crippen molar-refractivity contribution in [2.24, 2.45) is 45.8 Å². The monoisotopic (exact) mass is 412 g/mol. The molecule has 172 valence electrons. The first-order chi connectivity index (χ1) is 14.3. The lowest BCUT2D eigenvalue weighted by molar-refractivity contribution is -0.0507. The molecule has 0 N–H and O–H groups in total.